The Bertz CT molecular complexity index is 1390. The number of ether oxygens (including phenoxy) is 1. The summed E-state index contributed by atoms with van der Waals surface area (Å²) >= 11 is 5.71. The predicted molar refractivity (Wildman–Crippen MR) is 125 cm³/mol. The summed E-state index contributed by atoms with van der Waals surface area (Å²) in [6.07, 6.45) is 3.02. The van der Waals surface area contributed by atoms with Crippen LogP contribution in [0.3, 0.4) is 0 Å². The summed E-state index contributed by atoms with van der Waals surface area (Å²) in [6, 6.07) is 6.29. The molecular formula is C25H22ClF2N5O. The van der Waals surface area contributed by atoms with E-state index in [1.54, 1.807) is 6.20 Å². The van der Waals surface area contributed by atoms with Crippen LogP contribution in [0.2, 0.25) is 5.02 Å². The minimum atomic E-state index is -0.860. The Kier molecular flexibility index (Phi) is 5.95. The molecule has 34 heavy (non-hydrogen) atoms. The van der Waals surface area contributed by atoms with E-state index in [-0.39, 0.29) is 17.6 Å². The molecule has 0 radical (unpaired) electrons. The van der Waals surface area contributed by atoms with Crippen molar-refractivity contribution in [2.45, 2.75) is 45.6 Å². The summed E-state index contributed by atoms with van der Waals surface area (Å²) in [7, 11) is 0. The van der Waals surface area contributed by atoms with Crippen LogP contribution in [-0.4, -0.2) is 31.5 Å². The average Bonchev–Trinajstić information content (AvgIpc) is 2.82. The molecule has 1 aliphatic heterocycles. The van der Waals surface area contributed by atoms with E-state index in [0.717, 1.165) is 17.0 Å². The lowest BCUT2D eigenvalue weighted by Crippen LogP contribution is -2.21. The van der Waals surface area contributed by atoms with Crippen LogP contribution in [-0.2, 0) is 4.74 Å². The zero-order valence-corrected chi connectivity index (χ0v) is 19.7. The third-order valence-corrected chi connectivity index (χ3v) is 6.52. The molecule has 2 unspecified atom stereocenters. The van der Waals surface area contributed by atoms with Crippen LogP contribution in [0.1, 0.15) is 53.3 Å². The molecule has 2 atom stereocenters. The molecule has 0 bridgehead atoms. The molecule has 4 heterocycles. The van der Waals surface area contributed by atoms with Gasteiger partial charge in [-0.3, -0.25) is 4.98 Å². The van der Waals surface area contributed by atoms with Crippen LogP contribution >= 0.6 is 11.6 Å². The minimum Gasteiger partial charge on any atom is -0.373 e. The first kappa shape index (κ1) is 22.7. The highest BCUT2D eigenvalue weighted by Gasteiger charge is 2.29. The van der Waals surface area contributed by atoms with Crippen molar-refractivity contribution in [2.75, 3.05) is 6.61 Å². The smallest absolute Gasteiger partial charge is 0.182 e. The highest BCUT2D eigenvalue weighted by atomic mass is 35.5. The number of halogens is 3. The number of aromatic nitrogens is 5. The average molecular weight is 482 g/mol. The van der Waals surface area contributed by atoms with Crippen LogP contribution in [0.4, 0.5) is 8.78 Å². The molecule has 0 aliphatic carbocycles. The van der Waals surface area contributed by atoms with E-state index in [1.807, 2.05) is 32.9 Å². The molecule has 174 valence electrons. The van der Waals surface area contributed by atoms with Gasteiger partial charge >= 0.3 is 0 Å². The van der Waals surface area contributed by atoms with Gasteiger partial charge in [0.15, 0.2) is 5.65 Å². The lowest BCUT2D eigenvalue weighted by Gasteiger charge is -2.29. The molecule has 0 amide bonds. The van der Waals surface area contributed by atoms with E-state index in [9.17, 15) is 8.78 Å². The third-order valence-electron chi connectivity index (χ3n) is 6.16. The number of rotatable bonds is 3. The lowest BCUT2D eigenvalue weighted by atomic mass is 9.91. The van der Waals surface area contributed by atoms with Gasteiger partial charge in [-0.05, 0) is 63.4 Å². The van der Waals surface area contributed by atoms with E-state index in [1.165, 1.54) is 12.1 Å². The maximum absolute atomic E-state index is 14.3. The zero-order valence-electron chi connectivity index (χ0n) is 18.9. The van der Waals surface area contributed by atoms with Gasteiger partial charge in [0.25, 0.3) is 0 Å². The topological polar surface area (TPSA) is 73.7 Å². The Hall–Kier alpha value is -3.10. The number of aryl methyl sites for hydroxylation is 3. The van der Waals surface area contributed by atoms with Gasteiger partial charge in [0, 0.05) is 30.0 Å². The molecule has 3 aromatic heterocycles. The number of nitrogens with zero attached hydrogens (tertiary/aromatic N) is 5. The first-order chi connectivity index (χ1) is 16.3. The van der Waals surface area contributed by atoms with Gasteiger partial charge in [-0.25, -0.2) is 28.7 Å². The van der Waals surface area contributed by atoms with Crippen LogP contribution in [0.25, 0.3) is 22.4 Å². The maximum Gasteiger partial charge on any atom is 0.182 e. The third kappa shape index (κ3) is 4.23. The first-order valence-corrected chi connectivity index (χ1v) is 11.4. The van der Waals surface area contributed by atoms with Crippen molar-refractivity contribution >= 4 is 22.8 Å². The van der Waals surface area contributed by atoms with E-state index < -0.39 is 16.7 Å². The van der Waals surface area contributed by atoms with Gasteiger partial charge < -0.3 is 4.74 Å². The van der Waals surface area contributed by atoms with Crippen LogP contribution < -0.4 is 0 Å². The fourth-order valence-electron chi connectivity index (χ4n) is 4.24. The Morgan fingerprint density at radius 1 is 0.971 bits per heavy atom. The van der Waals surface area contributed by atoms with Crippen molar-refractivity contribution in [3.8, 4) is 11.3 Å². The number of hydrogen-bond acceptors (Lipinski definition) is 6. The molecule has 0 N–H and O–H groups in total. The summed E-state index contributed by atoms with van der Waals surface area (Å²) in [6.45, 7) is 6.15. The van der Waals surface area contributed by atoms with E-state index in [0.29, 0.717) is 47.8 Å². The number of benzene rings is 1. The molecule has 9 heteroatoms. The summed E-state index contributed by atoms with van der Waals surface area (Å²) < 4.78 is 34.7. The summed E-state index contributed by atoms with van der Waals surface area (Å²) in [4.78, 5) is 23.0. The predicted octanol–water partition coefficient (Wildman–Crippen LogP) is 5.97. The van der Waals surface area contributed by atoms with Crippen LogP contribution in [0.5, 0.6) is 0 Å². The molecule has 6 nitrogen and oxygen atoms in total. The second kappa shape index (κ2) is 8.92. The molecule has 1 saturated heterocycles. The molecule has 1 aromatic carbocycles. The van der Waals surface area contributed by atoms with Gasteiger partial charge in [0.2, 0.25) is 0 Å². The standard InChI is InChI=1S/C25H22ClF2N5O/c1-12-8-15(4-6-29-12)20-11-16(5-7-34-20)24-32-22(17-9-18(27)21(26)19(28)10-17)23-25(33-24)31-14(3)13(2)30-23/h4,6,8-10,16,20H,5,7,11H2,1-3H3. The van der Waals surface area contributed by atoms with Crippen molar-refractivity contribution < 1.29 is 13.5 Å². The molecule has 0 saturated carbocycles. The van der Waals surface area contributed by atoms with Gasteiger partial charge in [0.1, 0.15) is 33.7 Å². The molecule has 1 fully saturated rings. The van der Waals surface area contributed by atoms with Gasteiger partial charge in [-0.15, -0.1) is 0 Å². The second-order valence-electron chi connectivity index (χ2n) is 8.56. The summed E-state index contributed by atoms with van der Waals surface area (Å²) in [5, 5.41) is -0.555. The molecule has 5 rings (SSSR count). The monoisotopic (exact) mass is 481 g/mol. The molecule has 0 spiro atoms. The fraction of sp³-hybridized carbons (Fsp3) is 0.320. The Labute approximate surface area is 200 Å². The fourth-order valence-corrected chi connectivity index (χ4v) is 4.35. The molecular weight excluding hydrogens is 460 g/mol. The van der Waals surface area contributed by atoms with E-state index >= 15 is 0 Å². The number of hydrogen-bond donors (Lipinski definition) is 0. The van der Waals surface area contributed by atoms with Crippen molar-refractivity contribution in [3.05, 3.63) is 75.6 Å². The summed E-state index contributed by atoms with van der Waals surface area (Å²) in [5.41, 5.74) is 4.73. The van der Waals surface area contributed by atoms with Gasteiger partial charge in [-0.1, -0.05) is 11.6 Å². The van der Waals surface area contributed by atoms with Gasteiger partial charge in [0.05, 0.1) is 17.5 Å². The molecule has 1 aliphatic rings. The lowest BCUT2D eigenvalue weighted by molar-refractivity contribution is 0.00393. The normalized spacial score (nSPS) is 18.4. The highest BCUT2D eigenvalue weighted by Crippen LogP contribution is 2.38. The largest absolute Gasteiger partial charge is 0.373 e. The first-order valence-electron chi connectivity index (χ1n) is 11.0. The van der Waals surface area contributed by atoms with Crippen molar-refractivity contribution in [1.82, 2.24) is 24.9 Å². The SMILES string of the molecule is Cc1cc(C2CC(c3nc(-c4cc(F)c(Cl)c(F)c4)c4nc(C)c(C)nc4n3)CCO2)ccn1. The van der Waals surface area contributed by atoms with Crippen molar-refractivity contribution in [2.24, 2.45) is 0 Å². The van der Waals surface area contributed by atoms with Crippen LogP contribution in [0, 0.1) is 32.4 Å². The maximum atomic E-state index is 14.3. The van der Waals surface area contributed by atoms with E-state index in [4.69, 9.17) is 26.3 Å². The van der Waals surface area contributed by atoms with Crippen LogP contribution in [0.15, 0.2) is 30.5 Å². The second-order valence-corrected chi connectivity index (χ2v) is 8.94. The highest BCUT2D eigenvalue weighted by molar-refractivity contribution is 6.31. The Morgan fingerprint density at radius 2 is 1.71 bits per heavy atom. The van der Waals surface area contributed by atoms with Crippen molar-refractivity contribution in [1.29, 1.82) is 0 Å². The summed E-state index contributed by atoms with van der Waals surface area (Å²) in [5.74, 6) is -1.20. The van der Waals surface area contributed by atoms with Gasteiger partial charge in [-0.2, -0.15) is 0 Å². The number of pyridine rings is 1. The Balaban J connectivity index is 1.63. The Morgan fingerprint density at radius 3 is 2.44 bits per heavy atom. The minimum absolute atomic E-state index is 0.0271. The number of fused-ring (bicyclic) bond motifs is 1. The molecule has 4 aromatic rings. The zero-order chi connectivity index (χ0) is 24.0. The quantitative estimate of drug-likeness (QED) is 0.335. The van der Waals surface area contributed by atoms with E-state index in [2.05, 4.69) is 15.0 Å². The van der Waals surface area contributed by atoms with Crippen molar-refractivity contribution in [3.63, 3.8) is 0 Å².